The van der Waals surface area contributed by atoms with Crippen LogP contribution in [-0.2, 0) is 4.79 Å². The second-order valence-corrected chi connectivity index (χ2v) is 5.33. The molecule has 1 aliphatic heterocycles. The van der Waals surface area contributed by atoms with Gasteiger partial charge in [-0.1, -0.05) is 0 Å². The van der Waals surface area contributed by atoms with Crippen LogP contribution in [0.5, 0.6) is 0 Å². The number of likely N-dealkylation sites (tertiary alicyclic amines) is 1. The third-order valence-electron chi connectivity index (χ3n) is 3.06. The van der Waals surface area contributed by atoms with Crippen molar-refractivity contribution in [1.82, 2.24) is 14.9 Å². The van der Waals surface area contributed by atoms with Gasteiger partial charge in [-0.15, -0.1) is 0 Å². The summed E-state index contributed by atoms with van der Waals surface area (Å²) < 4.78 is 0.767. The molecule has 18 heavy (non-hydrogen) atoms. The Labute approximate surface area is 115 Å². The van der Waals surface area contributed by atoms with Gasteiger partial charge in [0.15, 0.2) is 0 Å². The van der Waals surface area contributed by atoms with E-state index in [0.29, 0.717) is 5.82 Å². The van der Waals surface area contributed by atoms with Crippen LogP contribution in [-0.4, -0.2) is 39.9 Å². The lowest BCUT2D eigenvalue weighted by molar-refractivity contribution is -0.132. The van der Waals surface area contributed by atoms with E-state index >= 15 is 0 Å². The summed E-state index contributed by atoms with van der Waals surface area (Å²) in [6.07, 6.45) is 6.56. The van der Waals surface area contributed by atoms with Crippen molar-refractivity contribution in [3.8, 4) is 0 Å². The molecule has 0 saturated carbocycles. The third kappa shape index (κ3) is 3.19. The molecule has 98 valence electrons. The zero-order valence-corrected chi connectivity index (χ0v) is 12.0. The van der Waals surface area contributed by atoms with E-state index in [-0.39, 0.29) is 11.9 Å². The van der Waals surface area contributed by atoms with E-state index in [2.05, 4.69) is 31.2 Å². The Morgan fingerprint density at radius 1 is 1.44 bits per heavy atom. The number of carbonyl (C=O) groups excluding carboxylic acids is 1. The smallest absolute Gasteiger partial charge is 0.244 e. The van der Waals surface area contributed by atoms with Crippen LogP contribution < -0.4 is 5.32 Å². The molecule has 1 fully saturated rings. The van der Waals surface area contributed by atoms with E-state index in [9.17, 15) is 4.79 Å². The quantitative estimate of drug-likeness (QED) is 0.928. The number of hydrogen-bond donors (Lipinski definition) is 1. The number of aromatic nitrogens is 2. The van der Waals surface area contributed by atoms with E-state index in [0.717, 1.165) is 30.4 Å². The van der Waals surface area contributed by atoms with E-state index < -0.39 is 0 Å². The maximum atomic E-state index is 12.2. The molecule has 1 aliphatic rings. The number of amides is 1. The number of piperidine rings is 1. The number of anilines is 1. The molecule has 2 heterocycles. The molecule has 1 aromatic rings. The third-order valence-corrected chi connectivity index (χ3v) is 3.64. The first-order chi connectivity index (χ1) is 8.68. The van der Waals surface area contributed by atoms with Gasteiger partial charge in [0.2, 0.25) is 5.91 Å². The second kappa shape index (κ2) is 6.13. The fourth-order valence-corrected chi connectivity index (χ4v) is 2.41. The second-order valence-electron chi connectivity index (χ2n) is 4.47. The van der Waals surface area contributed by atoms with Gasteiger partial charge in [0.25, 0.3) is 0 Å². The fourth-order valence-electron chi connectivity index (χ4n) is 2.07. The lowest BCUT2D eigenvalue weighted by Crippen LogP contribution is -2.44. The Balaban J connectivity index is 1.96. The molecule has 1 aromatic heterocycles. The van der Waals surface area contributed by atoms with Crippen LogP contribution >= 0.6 is 15.9 Å². The normalized spacial score (nSPS) is 17.3. The van der Waals surface area contributed by atoms with Gasteiger partial charge in [0.1, 0.15) is 18.2 Å². The van der Waals surface area contributed by atoms with Gasteiger partial charge in [0, 0.05) is 19.3 Å². The highest BCUT2D eigenvalue weighted by molar-refractivity contribution is 9.10. The van der Waals surface area contributed by atoms with E-state index in [1.54, 1.807) is 6.20 Å². The van der Waals surface area contributed by atoms with Gasteiger partial charge < -0.3 is 10.2 Å². The Bertz CT molecular complexity index is 420. The summed E-state index contributed by atoms with van der Waals surface area (Å²) in [4.78, 5) is 22.1. The first-order valence-corrected chi connectivity index (χ1v) is 6.98. The molecule has 1 atom stereocenters. The van der Waals surface area contributed by atoms with Crippen LogP contribution in [0.2, 0.25) is 0 Å². The van der Waals surface area contributed by atoms with Crippen LogP contribution in [0.15, 0.2) is 17.0 Å². The van der Waals surface area contributed by atoms with Gasteiger partial charge >= 0.3 is 0 Å². The Hall–Kier alpha value is -1.17. The van der Waals surface area contributed by atoms with Crippen molar-refractivity contribution in [3.63, 3.8) is 0 Å². The van der Waals surface area contributed by atoms with E-state index in [4.69, 9.17) is 0 Å². The summed E-state index contributed by atoms with van der Waals surface area (Å²) in [7, 11) is 0. The molecule has 2 rings (SSSR count). The standard InChI is InChI=1S/C12H17BrN4O/c1-9(12(18)17-5-3-2-4-6-17)16-11-10(13)7-14-8-15-11/h7-9H,2-6H2,1H3,(H,14,15,16). The molecule has 0 aromatic carbocycles. The molecular weight excluding hydrogens is 296 g/mol. The van der Waals surface area contributed by atoms with Gasteiger partial charge in [-0.2, -0.15) is 0 Å². The van der Waals surface area contributed by atoms with E-state index in [1.807, 2.05) is 11.8 Å². The summed E-state index contributed by atoms with van der Waals surface area (Å²) >= 11 is 3.36. The number of rotatable bonds is 3. The fraction of sp³-hybridized carbons (Fsp3) is 0.583. The number of nitrogens with zero attached hydrogens (tertiary/aromatic N) is 3. The topological polar surface area (TPSA) is 58.1 Å². The molecular formula is C12H17BrN4O. The molecule has 1 unspecified atom stereocenters. The Morgan fingerprint density at radius 2 is 2.17 bits per heavy atom. The predicted molar refractivity (Wildman–Crippen MR) is 73.2 cm³/mol. The molecule has 0 spiro atoms. The molecule has 5 nitrogen and oxygen atoms in total. The van der Waals surface area contributed by atoms with Gasteiger partial charge in [-0.05, 0) is 42.1 Å². The van der Waals surface area contributed by atoms with Gasteiger partial charge in [-0.25, -0.2) is 9.97 Å². The highest BCUT2D eigenvalue weighted by Crippen LogP contribution is 2.19. The first kappa shape index (κ1) is 13.3. The van der Waals surface area contributed by atoms with Crippen molar-refractivity contribution in [3.05, 3.63) is 17.0 Å². The average molecular weight is 313 g/mol. The molecule has 1 amide bonds. The minimum absolute atomic E-state index is 0.139. The van der Waals surface area contributed by atoms with Crippen molar-refractivity contribution < 1.29 is 4.79 Å². The molecule has 6 heteroatoms. The Kier molecular flexibility index (Phi) is 4.52. The molecule has 0 aliphatic carbocycles. The number of nitrogens with one attached hydrogen (secondary N) is 1. The molecule has 0 bridgehead atoms. The SMILES string of the molecule is CC(Nc1ncncc1Br)C(=O)N1CCCCC1. The van der Waals surface area contributed by atoms with Crippen molar-refractivity contribution in [2.24, 2.45) is 0 Å². The van der Waals surface area contributed by atoms with Gasteiger partial charge in [0.05, 0.1) is 4.47 Å². The van der Waals surface area contributed by atoms with Crippen molar-refractivity contribution in [2.75, 3.05) is 18.4 Å². The summed E-state index contributed by atoms with van der Waals surface area (Å²) in [5.41, 5.74) is 0. The van der Waals surface area contributed by atoms with Crippen LogP contribution in [0.4, 0.5) is 5.82 Å². The first-order valence-electron chi connectivity index (χ1n) is 6.19. The summed E-state index contributed by atoms with van der Waals surface area (Å²) in [6.45, 7) is 3.61. The van der Waals surface area contributed by atoms with E-state index in [1.165, 1.54) is 12.7 Å². The summed E-state index contributed by atoms with van der Waals surface area (Å²) in [5, 5.41) is 3.12. The molecule has 0 radical (unpaired) electrons. The zero-order valence-electron chi connectivity index (χ0n) is 10.4. The molecule has 1 N–H and O–H groups in total. The van der Waals surface area contributed by atoms with Crippen molar-refractivity contribution in [2.45, 2.75) is 32.2 Å². The predicted octanol–water partition coefficient (Wildman–Crippen LogP) is 2.05. The van der Waals surface area contributed by atoms with Crippen LogP contribution in [0.1, 0.15) is 26.2 Å². The van der Waals surface area contributed by atoms with Crippen molar-refractivity contribution in [1.29, 1.82) is 0 Å². The Morgan fingerprint density at radius 3 is 2.83 bits per heavy atom. The average Bonchev–Trinajstić information content (AvgIpc) is 2.41. The van der Waals surface area contributed by atoms with Crippen molar-refractivity contribution >= 4 is 27.7 Å². The van der Waals surface area contributed by atoms with Gasteiger partial charge in [-0.3, -0.25) is 4.79 Å². The monoisotopic (exact) mass is 312 g/mol. The maximum Gasteiger partial charge on any atom is 0.244 e. The summed E-state index contributed by atoms with van der Waals surface area (Å²) in [6, 6.07) is -0.269. The minimum atomic E-state index is -0.269. The largest absolute Gasteiger partial charge is 0.358 e. The molecule has 1 saturated heterocycles. The van der Waals surface area contributed by atoms with Crippen LogP contribution in [0.3, 0.4) is 0 Å². The summed E-state index contributed by atoms with van der Waals surface area (Å²) in [5.74, 6) is 0.795. The van der Waals surface area contributed by atoms with Crippen LogP contribution in [0.25, 0.3) is 0 Å². The number of hydrogen-bond acceptors (Lipinski definition) is 4. The number of carbonyl (C=O) groups is 1. The maximum absolute atomic E-state index is 12.2. The number of halogens is 1. The zero-order chi connectivity index (χ0) is 13.0. The lowest BCUT2D eigenvalue weighted by Gasteiger charge is -2.29. The van der Waals surface area contributed by atoms with Crippen LogP contribution in [0, 0.1) is 0 Å². The minimum Gasteiger partial charge on any atom is -0.358 e. The highest BCUT2D eigenvalue weighted by atomic mass is 79.9. The highest BCUT2D eigenvalue weighted by Gasteiger charge is 2.22. The lowest BCUT2D eigenvalue weighted by atomic mass is 10.1.